The molecular weight excluding hydrogens is 252 g/mol. The van der Waals surface area contributed by atoms with Crippen LogP contribution in [-0.4, -0.2) is 26.9 Å². The lowest BCUT2D eigenvalue weighted by atomic mass is 10.2. The molecule has 0 aliphatic rings. The third kappa shape index (κ3) is 2.62. The van der Waals surface area contributed by atoms with E-state index >= 15 is 0 Å². The number of hydrogen-bond donors (Lipinski definition) is 1. The first-order valence-corrected chi connectivity index (χ1v) is 6.15. The second kappa shape index (κ2) is 5.54. The molecule has 0 unspecified atom stereocenters. The lowest BCUT2D eigenvalue weighted by molar-refractivity contribution is 0.0527. The number of aryl methyl sites for hydroxylation is 1. The fourth-order valence-electron chi connectivity index (χ4n) is 1.39. The average molecular weight is 264 g/mol. The van der Waals surface area contributed by atoms with Gasteiger partial charge in [0.1, 0.15) is 16.9 Å². The molecule has 0 saturated carbocycles. The molecule has 0 atom stereocenters. The van der Waals surface area contributed by atoms with Crippen LogP contribution in [0.25, 0.3) is 0 Å². The van der Waals surface area contributed by atoms with Crippen LogP contribution in [0.5, 0.6) is 0 Å². The topological polar surface area (TPSA) is 77.0 Å². The summed E-state index contributed by atoms with van der Waals surface area (Å²) in [5.41, 5.74) is 1.82. The van der Waals surface area contributed by atoms with E-state index in [1.54, 1.807) is 26.2 Å². The number of rotatable bonds is 4. The number of anilines is 2. The van der Waals surface area contributed by atoms with Gasteiger partial charge >= 0.3 is 5.97 Å². The van der Waals surface area contributed by atoms with Crippen molar-refractivity contribution in [3.63, 3.8) is 0 Å². The number of esters is 1. The van der Waals surface area contributed by atoms with Gasteiger partial charge in [0.2, 0.25) is 0 Å². The van der Waals surface area contributed by atoms with Gasteiger partial charge in [-0.25, -0.2) is 14.8 Å². The van der Waals surface area contributed by atoms with Crippen molar-refractivity contribution in [1.29, 1.82) is 0 Å². The average Bonchev–Trinajstić information content (AvgIpc) is 2.72. The van der Waals surface area contributed by atoms with Crippen molar-refractivity contribution in [2.45, 2.75) is 13.8 Å². The monoisotopic (exact) mass is 264 g/mol. The van der Waals surface area contributed by atoms with Crippen LogP contribution in [0, 0.1) is 6.92 Å². The number of nitrogens with one attached hydrogen (secondary N) is 1. The molecule has 0 aliphatic heterocycles. The Balaban J connectivity index is 2.26. The van der Waals surface area contributed by atoms with Gasteiger partial charge in [-0.1, -0.05) is 0 Å². The second-order valence-electron chi connectivity index (χ2n) is 3.44. The third-order valence-electron chi connectivity index (χ3n) is 2.16. The summed E-state index contributed by atoms with van der Waals surface area (Å²) in [4.78, 5) is 19.6. The van der Waals surface area contributed by atoms with Crippen LogP contribution in [0.4, 0.5) is 10.7 Å². The highest BCUT2D eigenvalue weighted by Crippen LogP contribution is 2.28. The Kier molecular flexibility index (Phi) is 3.83. The van der Waals surface area contributed by atoms with Crippen molar-refractivity contribution in [2.75, 3.05) is 11.9 Å². The molecule has 2 aromatic rings. The summed E-state index contributed by atoms with van der Waals surface area (Å²) in [6, 6.07) is 0. The number of hydrogen-bond acceptors (Lipinski definition) is 7. The molecule has 0 radical (unpaired) electrons. The number of carbonyl (C=O) groups is 1. The molecule has 6 nitrogen and oxygen atoms in total. The van der Waals surface area contributed by atoms with E-state index in [4.69, 9.17) is 4.74 Å². The molecule has 0 saturated heterocycles. The Bertz CT molecular complexity index is 541. The van der Waals surface area contributed by atoms with E-state index in [9.17, 15) is 4.79 Å². The summed E-state index contributed by atoms with van der Waals surface area (Å²) < 4.78 is 9.16. The standard InChI is InChI=1S/C11H12N4O2S/c1-3-17-11(16)9-7(2)15-18-10(9)14-8-4-12-6-13-5-8/h4-6,14H,3H2,1-2H3. The van der Waals surface area contributed by atoms with Crippen molar-refractivity contribution in [3.05, 3.63) is 30.0 Å². The van der Waals surface area contributed by atoms with Crippen LogP contribution in [-0.2, 0) is 4.74 Å². The highest BCUT2D eigenvalue weighted by molar-refractivity contribution is 7.10. The molecule has 7 heteroatoms. The second-order valence-corrected chi connectivity index (χ2v) is 4.22. The zero-order valence-corrected chi connectivity index (χ0v) is 10.8. The first-order chi connectivity index (χ1) is 8.72. The third-order valence-corrected chi connectivity index (χ3v) is 3.01. The van der Waals surface area contributed by atoms with E-state index in [1.165, 1.54) is 17.9 Å². The summed E-state index contributed by atoms with van der Waals surface area (Å²) in [7, 11) is 0. The normalized spacial score (nSPS) is 10.1. The molecule has 2 aromatic heterocycles. The summed E-state index contributed by atoms with van der Waals surface area (Å²) in [5.74, 6) is -0.372. The van der Waals surface area contributed by atoms with E-state index < -0.39 is 0 Å². The Morgan fingerprint density at radius 3 is 2.83 bits per heavy atom. The minimum atomic E-state index is -0.372. The van der Waals surface area contributed by atoms with Crippen molar-refractivity contribution >= 4 is 28.2 Å². The highest BCUT2D eigenvalue weighted by atomic mass is 32.1. The van der Waals surface area contributed by atoms with Crippen LogP contribution in [0.2, 0.25) is 0 Å². The van der Waals surface area contributed by atoms with Gasteiger partial charge in [0.25, 0.3) is 0 Å². The maximum atomic E-state index is 11.8. The lowest BCUT2D eigenvalue weighted by Gasteiger charge is -2.05. The van der Waals surface area contributed by atoms with Crippen LogP contribution >= 0.6 is 11.5 Å². The molecule has 94 valence electrons. The van der Waals surface area contributed by atoms with E-state index in [-0.39, 0.29) is 5.97 Å². The quantitative estimate of drug-likeness (QED) is 0.853. The van der Waals surface area contributed by atoms with Gasteiger partial charge in [0.05, 0.1) is 30.4 Å². The SMILES string of the molecule is CCOC(=O)c1c(C)nsc1Nc1cncnc1. The predicted octanol–water partition coefficient (Wildman–Crippen LogP) is 2.16. The van der Waals surface area contributed by atoms with Gasteiger partial charge in [-0.15, -0.1) is 0 Å². The number of nitrogens with zero attached hydrogens (tertiary/aromatic N) is 3. The zero-order valence-electron chi connectivity index (χ0n) is 10.0. The Morgan fingerprint density at radius 2 is 2.17 bits per heavy atom. The molecular formula is C11H12N4O2S. The maximum absolute atomic E-state index is 11.8. The van der Waals surface area contributed by atoms with Gasteiger partial charge < -0.3 is 10.1 Å². The smallest absolute Gasteiger partial charge is 0.343 e. The van der Waals surface area contributed by atoms with Gasteiger partial charge in [-0.3, -0.25) is 0 Å². The van der Waals surface area contributed by atoms with Gasteiger partial charge in [0.15, 0.2) is 0 Å². The molecule has 2 rings (SSSR count). The molecule has 2 heterocycles. The highest BCUT2D eigenvalue weighted by Gasteiger charge is 2.19. The molecule has 1 N–H and O–H groups in total. The predicted molar refractivity (Wildman–Crippen MR) is 68.1 cm³/mol. The number of carbonyl (C=O) groups excluding carboxylic acids is 1. The number of ether oxygens (including phenoxy) is 1. The minimum Gasteiger partial charge on any atom is -0.462 e. The summed E-state index contributed by atoms with van der Waals surface area (Å²) in [5, 5.41) is 3.70. The first kappa shape index (κ1) is 12.4. The molecule has 0 aliphatic carbocycles. The van der Waals surface area contributed by atoms with Crippen molar-refractivity contribution in [3.8, 4) is 0 Å². The summed E-state index contributed by atoms with van der Waals surface area (Å²) >= 11 is 1.21. The van der Waals surface area contributed by atoms with E-state index in [1.807, 2.05) is 0 Å². The van der Waals surface area contributed by atoms with E-state index in [0.717, 1.165) is 0 Å². The van der Waals surface area contributed by atoms with Gasteiger partial charge in [0, 0.05) is 0 Å². The van der Waals surface area contributed by atoms with E-state index in [0.29, 0.717) is 28.6 Å². The van der Waals surface area contributed by atoms with Crippen molar-refractivity contribution in [1.82, 2.24) is 14.3 Å². The summed E-state index contributed by atoms with van der Waals surface area (Å²) in [6.45, 7) is 3.88. The van der Waals surface area contributed by atoms with Crippen LogP contribution in [0.1, 0.15) is 23.0 Å². The fraction of sp³-hybridized carbons (Fsp3) is 0.273. The fourth-order valence-corrected chi connectivity index (χ4v) is 2.20. The number of aromatic nitrogens is 3. The molecule has 0 spiro atoms. The Hall–Kier alpha value is -2.02. The van der Waals surface area contributed by atoms with Crippen molar-refractivity contribution < 1.29 is 9.53 Å². The maximum Gasteiger partial charge on any atom is 0.343 e. The Morgan fingerprint density at radius 1 is 1.44 bits per heavy atom. The molecule has 0 amide bonds. The minimum absolute atomic E-state index is 0.335. The molecule has 0 aromatic carbocycles. The van der Waals surface area contributed by atoms with Crippen LogP contribution < -0.4 is 5.32 Å². The van der Waals surface area contributed by atoms with Crippen molar-refractivity contribution in [2.24, 2.45) is 0 Å². The molecule has 18 heavy (non-hydrogen) atoms. The zero-order chi connectivity index (χ0) is 13.0. The summed E-state index contributed by atoms with van der Waals surface area (Å²) in [6.07, 6.45) is 4.68. The van der Waals surface area contributed by atoms with Gasteiger partial charge in [-0.05, 0) is 25.4 Å². The first-order valence-electron chi connectivity index (χ1n) is 5.37. The molecule has 0 fully saturated rings. The molecule has 0 bridgehead atoms. The van der Waals surface area contributed by atoms with Crippen LogP contribution in [0.3, 0.4) is 0 Å². The lowest BCUT2D eigenvalue weighted by Crippen LogP contribution is -2.07. The Labute approximate surface area is 108 Å². The van der Waals surface area contributed by atoms with Crippen LogP contribution in [0.15, 0.2) is 18.7 Å². The van der Waals surface area contributed by atoms with E-state index in [2.05, 4.69) is 19.7 Å². The largest absolute Gasteiger partial charge is 0.462 e. The van der Waals surface area contributed by atoms with Gasteiger partial charge in [-0.2, -0.15) is 4.37 Å².